The number of hydrogen-bond acceptors (Lipinski definition) is 3. The van der Waals surface area contributed by atoms with Gasteiger partial charge in [0.05, 0.1) is 0 Å². The van der Waals surface area contributed by atoms with Gasteiger partial charge in [-0.1, -0.05) is 12.8 Å². The number of aromatic nitrogens is 1. The van der Waals surface area contributed by atoms with E-state index in [2.05, 4.69) is 16.9 Å². The Morgan fingerprint density at radius 2 is 1.71 bits per heavy atom. The van der Waals surface area contributed by atoms with Crippen LogP contribution in [0.1, 0.15) is 47.4 Å². The van der Waals surface area contributed by atoms with E-state index in [0.29, 0.717) is 6.04 Å². The first-order chi connectivity index (χ1) is 9.97. The third-order valence-electron chi connectivity index (χ3n) is 4.41. The predicted octanol–water partition coefficient (Wildman–Crippen LogP) is 2.64. The highest BCUT2D eigenvalue weighted by Gasteiger charge is 2.20. The van der Waals surface area contributed by atoms with Gasteiger partial charge in [0.1, 0.15) is 0 Å². The number of amides is 1. The maximum absolute atomic E-state index is 12.5. The second kappa shape index (κ2) is 7.03. The summed E-state index contributed by atoms with van der Waals surface area (Å²) in [7, 11) is 4.06. The minimum absolute atomic E-state index is 0.0865. The molecule has 0 spiro atoms. The quantitative estimate of drug-likeness (QED) is 0.836. The molecule has 4 heteroatoms. The van der Waals surface area contributed by atoms with Gasteiger partial charge < -0.3 is 9.80 Å². The first kappa shape index (κ1) is 16.0. The molecule has 1 amide bonds. The average Bonchev–Trinajstić information content (AvgIpc) is 2.96. The number of rotatable bonds is 5. The van der Waals surface area contributed by atoms with Crippen LogP contribution in [0.15, 0.2) is 12.1 Å². The van der Waals surface area contributed by atoms with Gasteiger partial charge in [0.25, 0.3) is 5.91 Å². The molecule has 21 heavy (non-hydrogen) atoms. The topological polar surface area (TPSA) is 36.4 Å². The van der Waals surface area contributed by atoms with Crippen molar-refractivity contribution in [2.45, 2.75) is 45.6 Å². The van der Waals surface area contributed by atoms with Gasteiger partial charge in [-0.3, -0.25) is 9.78 Å². The third kappa shape index (κ3) is 4.27. The first-order valence-electron chi connectivity index (χ1n) is 7.88. The Morgan fingerprint density at radius 1 is 1.14 bits per heavy atom. The lowest BCUT2D eigenvalue weighted by molar-refractivity contribution is 0.0774. The van der Waals surface area contributed by atoms with E-state index < -0.39 is 0 Å². The van der Waals surface area contributed by atoms with E-state index in [1.54, 1.807) is 0 Å². The van der Waals surface area contributed by atoms with Gasteiger partial charge >= 0.3 is 0 Å². The van der Waals surface area contributed by atoms with Gasteiger partial charge in [0.15, 0.2) is 0 Å². The van der Waals surface area contributed by atoms with Crippen LogP contribution in [0.4, 0.5) is 0 Å². The van der Waals surface area contributed by atoms with Crippen molar-refractivity contribution < 1.29 is 4.79 Å². The second-order valence-electron chi connectivity index (χ2n) is 6.28. The number of carbonyl (C=O) groups excluding carboxylic acids is 1. The van der Waals surface area contributed by atoms with Crippen molar-refractivity contribution in [1.82, 2.24) is 14.8 Å². The Kier molecular flexibility index (Phi) is 5.34. The van der Waals surface area contributed by atoms with Crippen molar-refractivity contribution in [3.63, 3.8) is 0 Å². The normalized spacial score (nSPS) is 15.7. The van der Waals surface area contributed by atoms with E-state index in [-0.39, 0.29) is 5.91 Å². The van der Waals surface area contributed by atoms with Crippen molar-refractivity contribution in [3.8, 4) is 0 Å². The molecule has 4 nitrogen and oxygen atoms in total. The smallest absolute Gasteiger partial charge is 0.253 e. The Bertz CT molecular complexity index is 475. The Balaban J connectivity index is 1.89. The molecule has 1 aliphatic carbocycles. The van der Waals surface area contributed by atoms with Crippen LogP contribution in [0, 0.1) is 13.8 Å². The molecule has 0 bridgehead atoms. The van der Waals surface area contributed by atoms with Crippen molar-refractivity contribution in [3.05, 3.63) is 29.1 Å². The van der Waals surface area contributed by atoms with Crippen molar-refractivity contribution in [2.75, 3.05) is 27.2 Å². The van der Waals surface area contributed by atoms with Crippen LogP contribution in [0.25, 0.3) is 0 Å². The van der Waals surface area contributed by atoms with Gasteiger partial charge in [-0.05, 0) is 45.9 Å². The van der Waals surface area contributed by atoms with Crippen molar-refractivity contribution in [1.29, 1.82) is 0 Å². The summed E-state index contributed by atoms with van der Waals surface area (Å²) in [6.07, 6.45) is 5.30. The van der Waals surface area contributed by atoms with E-state index in [0.717, 1.165) is 30.0 Å². The molecular weight excluding hydrogens is 262 g/mol. The molecule has 1 heterocycles. The summed E-state index contributed by atoms with van der Waals surface area (Å²) in [5.74, 6) is 0.0865. The minimum atomic E-state index is 0.0865. The molecular formula is C17H27N3O. The molecule has 0 aliphatic heterocycles. The number of likely N-dealkylation sites (N-methyl/N-ethyl adjacent to an activating group) is 2. The maximum Gasteiger partial charge on any atom is 0.253 e. The largest absolute Gasteiger partial charge is 0.340 e. The summed E-state index contributed by atoms with van der Waals surface area (Å²) >= 11 is 0. The van der Waals surface area contributed by atoms with Crippen molar-refractivity contribution in [2.24, 2.45) is 0 Å². The summed E-state index contributed by atoms with van der Waals surface area (Å²) in [5.41, 5.74) is 2.54. The molecule has 0 radical (unpaired) electrons. The van der Waals surface area contributed by atoms with Gasteiger partial charge in [0, 0.05) is 43.1 Å². The summed E-state index contributed by atoms with van der Waals surface area (Å²) in [6, 6.07) is 4.44. The Hall–Kier alpha value is -1.42. The minimum Gasteiger partial charge on any atom is -0.340 e. The average molecular weight is 289 g/mol. The van der Waals surface area contributed by atoms with Crippen LogP contribution in [0.2, 0.25) is 0 Å². The molecule has 0 unspecified atom stereocenters. The van der Waals surface area contributed by atoms with E-state index in [9.17, 15) is 4.79 Å². The second-order valence-corrected chi connectivity index (χ2v) is 6.28. The van der Waals surface area contributed by atoms with Gasteiger partial charge in [-0.15, -0.1) is 0 Å². The number of carbonyl (C=O) groups is 1. The molecule has 1 fully saturated rings. The molecule has 1 aliphatic rings. The van der Waals surface area contributed by atoms with E-state index in [1.165, 1.54) is 25.7 Å². The maximum atomic E-state index is 12.5. The molecule has 0 aromatic carbocycles. The number of hydrogen-bond donors (Lipinski definition) is 0. The van der Waals surface area contributed by atoms with Crippen molar-refractivity contribution >= 4 is 5.91 Å². The zero-order chi connectivity index (χ0) is 15.4. The molecule has 1 saturated carbocycles. The predicted molar refractivity (Wildman–Crippen MR) is 85.6 cm³/mol. The van der Waals surface area contributed by atoms with Crippen LogP contribution in [-0.2, 0) is 0 Å². The summed E-state index contributed by atoms with van der Waals surface area (Å²) in [5, 5.41) is 0. The summed E-state index contributed by atoms with van der Waals surface area (Å²) in [6.45, 7) is 5.57. The SMILES string of the molecule is Cc1cc(C(=O)N(C)CCN(C)C2CCCC2)cc(C)n1. The fourth-order valence-electron chi connectivity index (χ4n) is 3.12. The monoisotopic (exact) mass is 289 g/mol. The highest BCUT2D eigenvalue weighted by Crippen LogP contribution is 2.22. The van der Waals surface area contributed by atoms with E-state index in [4.69, 9.17) is 0 Å². The summed E-state index contributed by atoms with van der Waals surface area (Å²) in [4.78, 5) is 21.0. The standard InChI is InChI=1S/C17H27N3O/c1-13-11-15(12-14(2)18-13)17(21)20(4)10-9-19(3)16-7-5-6-8-16/h11-12,16H,5-10H2,1-4H3. The van der Waals surface area contributed by atoms with Gasteiger partial charge in [-0.2, -0.15) is 0 Å². The highest BCUT2D eigenvalue weighted by molar-refractivity contribution is 5.94. The van der Waals surface area contributed by atoms with Crippen LogP contribution in [-0.4, -0.2) is 53.9 Å². The lowest BCUT2D eigenvalue weighted by Gasteiger charge is -2.27. The Labute approximate surface area is 128 Å². The molecule has 2 rings (SSSR count). The Morgan fingerprint density at radius 3 is 2.29 bits per heavy atom. The number of aryl methyl sites for hydroxylation is 2. The molecule has 0 N–H and O–H groups in total. The van der Waals surface area contributed by atoms with E-state index in [1.807, 2.05) is 37.9 Å². The lowest BCUT2D eigenvalue weighted by Crippen LogP contribution is -2.38. The third-order valence-corrected chi connectivity index (χ3v) is 4.41. The number of nitrogens with zero attached hydrogens (tertiary/aromatic N) is 3. The fraction of sp³-hybridized carbons (Fsp3) is 0.647. The van der Waals surface area contributed by atoms with Gasteiger partial charge in [0.2, 0.25) is 0 Å². The molecule has 0 saturated heterocycles. The van der Waals surface area contributed by atoms with E-state index >= 15 is 0 Å². The first-order valence-corrected chi connectivity index (χ1v) is 7.88. The molecule has 1 aromatic rings. The van der Waals surface area contributed by atoms with Crippen LogP contribution in [0.3, 0.4) is 0 Å². The molecule has 0 atom stereocenters. The van der Waals surface area contributed by atoms with Gasteiger partial charge in [-0.25, -0.2) is 0 Å². The number of pyridine rings is 1. The zero-order valence-electron chi connectivity index (χ0n) is 13.7. The van der Waals surface area contributed by atoms with Crippen LogP contribution < -0.4 is 0 Å². The zero-order valence-corrected chi connectivity index (χ0v) is 13.7. The molecule has 1 aromatic heterocycles. The lowest BCUT2D eigenvalue weighted by atomic mass is 10.1. The van der Waals surface area contributed by atoms with Crippen LogP contribution >= 0.6 is 0 Å². The highest BCUT2D eigenvalue weighted by atomic mass is 16.2. The van der Waals surface area contributed by atoms with Crippen LogP contribution in [0.5, 0.6) is 0 Å². The molecule has 116 valence electrons. The fourth-order valence-corrected chi connectivity index (χ4v) is 3.12. The summed E-state index contributed by atoms with van der Waals surface area (Å²) < 4.78 is 0.